The van der Waals surface area contributed by atoms with Crippen molar-refractivity contribution in [1.82, 2.24) is 0 Å². The molecule has 0 saturated heterocycles. The molecule has 0 saturated carbocycles. The van der Waals surface area contributed by atoms with Crippen molar-refractivity contribution >= 4 is 15.9 Å². The molecule has 0 atom stereocenters. The summed E-state index contributed by atoms with van der Waals surface area (Å²) in [5, 5.41) is 0.775. The van der Waals surface area contributed by atoms with Crippen LogP contribution in [-0.4, -0.2) is 18.9 Å². The van der Waals surface area contributed by atoms with E-state index in [0.717, 1.165) is 24.7 Å². The molecule has 60 valence electrons. The molecule has 0 fully saturated rings. The van der Waals surface area contributed by atoms with Crippen LogP contribution in [-0.2, 0) is 0 Å². The average Bonchev–Trinajstić information content (AvgIpc) is 2.02. The van der Waals surface area contributed by atoms with Crippen LogP contribution in [0, 0.1) is 11.8 Å². The van der Waals surface area contributed by atoms with E-state index >= 15 is 0 Å². The molecule has 0 aromatic carbocycles. The second-order valence-corrected chi connectivity index (χ2v) is 1.94. The maximum absolute atomic E-state index is 5.23. The second-order valence-electron chi connectivity index (χ2n) is 1.38. The molecule has 3 heteroatoms. The van der Waals surface area contributed by atoms with E-state index in [1.807, 2.05) is 0 Å². The minimum Gasteiger partial charge on any atom is -0.333 e. The molecular weight excluding hydrogens is 192 g/mol. The van der Waals surface area contributed by atoms with Crippen molar-refractivity contribution in [3.8, 4) is 11.8 Å². The van der Waals surface area contributed by atoms with Gasteiger partial charge in [0.1, 0.15) is 0 Å². The van der Waals surface area contributed by atoms with Crippen LogP contribution < -0.4 is 11.5 Å². The highest BCUT2D eigenvalue weighted by molar-refractivity contribution is 9.09. The summed E-state index contributed by atoms with van der Waals surface area (Å²) in [6, 6.07) is 0. The van der Waals surface area contributed by atoms with E-state index in [1.165, 1.54) is 7.05 Å². The molecule has 0 spiro atoms. The van der Waals surface area contributed by atoms with Gasteiger partial charge in [-0.1, -0.05) is 21.9 Å². The molecule has 0 aliphatic carbocycles. The van der Waals surface area contributed by atoms with Gasteiger partial charge in [0.2, 0.25) is 0 Å². The SMILES string of the molecule is CN.NCCCC#CCBr. The normalized spacial score (nSPS) is 6.80. The first-order valence-electron chi connectivity index (χ1n) is 3.21. The van der Waals surface area contributed by atoms with E-state index in [9.17, 15) is 0 Å². The first-order valence-corrected chi connectivity index (χ1v) is 4.33. The monoisotopic (exact) mass is 206 g/mol. The largest absolute Gasteiger partial charge is 0.333 e. The molecule has 10 heavy (non-hydrogen) atoms. The zero-order chi connectivity index (χ0) is 8.24. The summed E-state index contributed by atoms with van der Waals surface area (Å²) >= 11 is 3.20. The average molecular weight is 207 g/mol. The van der Waals surface area contributed by atoms with Gasteiger partial charge in [0.15, 0.2) is 0 Å². The van der Waals surface area contributed by atoms with Crippen LogP contribution in [0.2, 0.25) is 0 Å². The molecule has 0 bridgehead atoms. The van der Waals surface area contributed by atoms with E-state index in [1.54, 1.807) is 0 Å². The lowest BCUT2D eigenvalue weighted by molar-refractivity contribution is 0.870. The molecule has 0 rings (SSSR count). The van der Waals surface area contributed by atoms with Gasteiger partial charge in [-0.25, -0.2) is 0 Å². The third-order valence-electron chi connectivity index (χ3n) is 0.698. The Hall–Kier alpha value is -0.0400. The summed E-state index contributed by atoms with van der Waals surface area (Å²) in [6.07, 6.45) is 1.95. The number of hydrogen-bond acceptors (Lipinski definition) is 2. The van der Waals surface area contributed by atoms with Crippen LogP contribution in [0.5, 0.6) is 0 Å². The number of nitrogens with two attached hydrogens (primary N) is 2. The number of halogens is 1. The lowest BCUT2D eigenvalue weighted by Crippen LogP contribution is -1.96. The van der Waals surface area contributed by atoms with Gasteiger partial charge in [0, 0.05) is 6.42 Å². The van der Waals surface area contributed by atoms with Gasteiger partial charge in [-0.3, -0.25) is 0 Å². The summed E-state index contributed by atoms with van der Waals surface area (Å²) in [7, 11) is 1.50. The van der Waals surface area contributed by atoms with Gasteiger partial charge >= 0.3 is 0 Å². The van der Waals surface area contributed by atoms with E-state index in [-0.39, 0.29) is 0 Å². The Kier molecular flexibility index (Phi) is 20.2. The molecule has 0 aromatic rings. The lowest BCUT2D eigenvalue weighted by Gasteiger charge is -1.82. The Balaban J connectivity index is 0. The zero-order valence-electron chi connectivity index (χ0n) is 6.36. The molecule has 4 N–H and O–H groups in total. The molecule has 0 aliphatic heterocycles. The van der Waals surface area contributed by atoms with Crippen LogP contribution >= 0.6 is 15.9 Å². The fourth-order valence-corrected chi connectivity index (χ4v) is 0.524. The minimum atomic E-state index is 0.747. The molecule has 2 nitrogen and oxygen atoms in total. The van der Waals surface area contributed by atoms with Crippen molar-refractivity contribution in [2.75, 3.05) is 18.9 Å². The van der Waals surface area contributed by atoms with Crippen LogP contribution in [0.15, 0.2) is 0 Å². The van der Waals surface area contributed by atoms with Gasteiger partial charge in [0.05, 0.1) is 5.33 Å². The minimum absolute atomic E-state index is 0.747. The predicted molar refractivity (Wildman–Crippen MR) is 50.0 cm³/mol. The third kappa shape index (κ3) is 15.7. The maximum atomic E-state index is 5.23. The van der Waals surface area contributed by atoms with Gasteiger partial charge < -0.3 is 11.5 Å². The van der Waals surface area contributed by atoms with Crippen molar-refractivity contribution in [2.45, 2.75) is 12.8 Å². The summed E-state index contributed by atoms with van der Waals surface area (Å²) < 4.78 is 0. The predicted octanol–water partition coefficient (Wildman–Crippen LogP) is 0.699. The first-order chi connectivity index (χ1) is 4.91. The molecule has 0 aliphatic rings. The topological polar surface area (TPSA) is 52.0 Å². The lowest BCUT2D eigenvalue weighted by atomic mass is 10.3. The molecular formula is C7H15BrN2. The van der Waals surface area contributed by atoms with Gasteiger partial charge in [-0.2, -0.15) is 0 Å². The van der Waals surface area contributed by atoms with Crippen molar-refractivity contribution in [2.24, 2.45) is 11.5 Å². The van der Waals surface area contributed by atoms with E-state index in [0.29, 0.717) is 0 Å². The molecule has 0 unspecified atom stereocenters. The molecule has 0 radical (unpaired) electrons. The van der Waals surface area contributed by atoms with Crippen LogP contribution in [0.4, 0.5) is 0 Å². The van der Waals surface area contributed by atoms with Gasteiger partial charge in [-0.15, -0.1) is 5.92 Å². The van der Waals surface area contributed by atoms with Gasteiger partial charge in [-0.05, 0) is 20.0 Å². The Morgan fingerprint density at radius 1 is 1.30 bits per heavy atom. The maximum Gasteiger partial charge on any atom is 0.0645 e. The summed E-state index contributed by atoms with van der Waals surface area (Å²) in [5.41, 5.74) is 9.73. The van der Waals surface area contributed by atoms with Crippen LogP contribution in [0.1, 0.15) is 12.8 Å². The molecule has 0 aromatic heterocycles. The third-order valence-corrected chi connectivity index (χ3v) is 0.978. The number of unbranched alkanes of at least 4 members (excludes halogenated alkanes) is 1. The highest BCUT2D eigenvalue weighted by Crippen LogP contribution is 1.81. The van der Waals surface area contributed by atoms with E-state index < -0.39 is 0 Å². The molecule has 0 amide bonds. The Morgan fingerprint density at radius 2 is 1.90 bits per heavy atom. The zero-order valence-corrected chi connectivity index (χ0v) is 7.95. The van der Waals surface area contributed by atoms with Crippen molar-refractivity contribution in [1.29, 1.82) is 0 Å². The standard InChI is InChI=1S/C6H10BrN.CH5N/c7-5-3-1-2-4-6-8;1-2/h2,4-6,8H2;2H2,1H3. The van der Waals surface area contributed by atoms with Crippen molar-refractivity contribution < 1.29 is 0 Å². The first kappa shape index (κ1) is 12.6. The van der Waals surface area contributed by atoms with Crippen molar-refractivity contribution in [3.63, 3.8) is 0 Å². The molecule has 0 heterocycles. The van der Waals surface area contributed by atoms with Crippen molar-refractivity contribution in [3.05, 3.63) is 0 Å². The van der Waals surface area contributed by atoms with Crippen LogP contribution in [0.3, 0.4) is 0 Å². The van der Waals surface area contributed by atoms with E-state index in [4.69, 9.17) is 5.73 Å². The fourth-order valence-electron chi connectivity index (χ4n) is 0.326. The Morgan fingerprint density at radius 3 is 2.30 bits per heavy atom. The summed E-state index contributed by atoms with van der Waals surface area (Å²) in [6.45, 7) is 0.747. The highest BCUT2D eigenvalue weighted by Gasteiger charge is 1.73. The smallest absolute Gasteiger partial charge is 0.0645 e. The second kappa shape index (κ2) is 16.0. The summed E-state index contributed by atoms with van der Waals surface area (Å²) in [4.78, 5) is 0. The number of hydrogen-bond donors (Lipinski definition) is 2. The Bertz CT molecular complexity index is 93.5. The van der Waals surface area contributed by atoms with E-state index in [2.05, 4.69) is 33.5 Å². The fraction of sp³-hybridized carbons (Fsp3) is 0.714. The number of rotatable bonds is 2. The summed E-state index contributed by atoms with van der Waals surface area (Å²) in [5.74, 6) is 5.85. The highest BCUT2D eigenvalue weighted by atomic mass is 79.9. The number of alkyl halides is 1. The van der Waals surface area contributed by atoms with Gasteiger partial charge in [0.25, 0.3) is 0 Å². The Labute approximate surface area is 71.5 Å². The quantitative estimate of drug-likeness (QED) is 0.398. The van der Waals surface area contributed by atoms with Crippen LogP contribution in [0.25, 0.3) is 0 Å².